The number of nitrogens with two attached hydrogens (primary N) is 2. The number of nitrogen functional groups attached to an aromatic ring is 2. The highest BCUT2D eigenvalue weighted by Gasteiger charge is 2.09. The van der Waals surface area contributed by atoms with Gasteiger partial charge in [0.2, 0.25) is 0 Å². The molecule has 0 spiro atoms. The Bertz CT molecular complexity index is 665. The molecule has 0 saturated heterocycles. The summed E-state index contributed by atoms with van der Waals surface area (Å²) < 4.78 is 0. The lowest BCUT2D eigenvalue weighted by Gasteiger charge is -2.09. The lowest BCUT2D eigenvalue weighted by atomic mass is 10.1. The molecule has 0 saturated carbocycles. The van der Waals surface area contributed by atoms with Crippen molar-refractivity contribution >= 4 is 29.2 Å². The molecule has 0 aliphatic heterocycles. The molecular weight excluding hydrogens is 252 g/mol. The maximum Gasteiger partial charge on any atom is 0.257 e. The summed E-state index contributed by atoms with van der Waals surface area (Å²) in [6, 6.07) is 12.2. The number of nitrogens with one attached hydrogen (secondary N) is 1. The number of amides is 1. The SMILES string of the molecule is CN=Cc1ccc(NC(=O)c2ccccc2N)cc1N. The predicted octanol–water partition coefficient (Wildman–Crippen LogP) is 2.15. The van der Waals surface area contributed by atoms with E-state index in [4.69, 9.17) is 11.5 Å². The molecule has 0 unspecified atom stereocenters. The zero-order chi connectivity index (χ0) is 14.5. The molecule has 5 N–H and O–H groups in total. The molecule has 1 amide bonds. The molecule has 0 atom stereocenters. The molecule has 0 aliphatic rings. The van der Waals surface area contributed by atoms with E-state index in [1.165, 1.54) is 0 Å². The van der Waals surface area contributed by atoms with Gasteiger partial charge in [-0.05, 0) is 30.3 Å². The number of hydrogen-bond acceptors (Lipinski definition) is 4. The number of benzene rings is 2. The van der Waals surface area contributed by atoms with Crippen LogP contribution in [0.4, 0.5) is 17.1 Å². The Morgan fingerprint density at radius 1 is 1.15 bits per heavy atom. The van der Waals surface area contributed by atoms with E-state index in [0.29, 0.717) is 22.6 Å². The van der Waals surface area contributed by atoms with Crippen molar-refractivity contribution in [3.63, 3.8) is 0 Å². The molecule has 0 bridgehead atoms. The van der Waals surface area contributed by atoms with Crippen molar-refractivity contribution in [1.82, 2.24) is 0 Å². The highest BCUT2D eigenvalue weighted by atomic mass is 16.1. The molecule has 0 radical (unpaired) electrons. The van der Waals surface area contributed by atoms with Gasteiger partial charge in [-0.3, -0.25) is 9.79 Å². The van der Waals surface area contributed by atoms with E-state index < -0.39 is 0 Å². The molecule has 20 heavy (non-hydrogen) atoms. The normalized spacial score (nSPS) is 10.7. The third-order valence-electron chi connectivity index (χ3n) is 2.82. The number of aliphatic imine (C=N–C) groups is 1. The van der Waals surface area contributed by atoms with Gasteiger partial charge in [0.05, 0.1) is 5.56 Å². The van der Waals surface area contributed by atoms with E-state index in [1.807, 2.05) is 0 Å². The summed E-state index contributed by atoms with van der Waals surface area (Å²) in [7, 11) is 1.67. The highest BCUT2D eigenvalue weighted by Crippen LogP contribution is 2.19. The van der Waals surface area contributed by atoms with Crippen molar-refractivity contribution in [1.29, 1.82) is 0 Å². The molecule has 0 aliphatic carbocycles. The molecule has 2 rings (SSSR count). The number of para-hydroxylation sites is 1. The van der Waals surface area contributed by atoms with Gasteiger partial charge in [0.15, 0.2) is 0 Å². The minimum absolute atomic E-state index is 0.264. The van der Waals surface area contributed by atoms with Gasteiger partial charge in [-0.15, -0.1) is 0 Å². The fourth-order valence-electron chi connectivity index (χ4n) is 1.81. The number of nitrogens with zero attached hydrogens (tertiary/aromatic N) is 1. The fourth-order valence-corrected chi connectivity index (χ4v) is 1.81. The van der Waals surface area contributed by atoms with Crippen molar-refractivity contribution in [2.24, 2.45) is 4.99 Å². The summed E-state index contributed by atoms with van der Waals surface area (Å²) >= 11 is 0. The van der Waals surface area contributed by atoms with Crippen LogP contribution in [0.2, 0.25) is 0 Å². The van der Waals surface area contributed by atoms with Crippen LogP contribution in [-0.4, -0.2) is 19.2 Å². The maximum atomic E-state index is 12.1. The number of carbonyl (C=O) groups is 1. The quantitative estimate of drug-likeness (QED) is 0.588. The molecular formula is C15H16N4O. The van der Waals surface area contributed by atoms with E-state index >= 15 is 0 Å². The number of rotatable bonds is 3. The molecule has 5 heteroatoms. The summed E-state index contributed by atoms with van der Waals surface area (Å²) in [4.78, 5) is 16.0. The largest absolute Gasteiger partial charge is 0.398 e. The summed E-state index contributed by atoms with van der Waals surface area (Å²) in [5.74, 6) is -0.264. The lowest BCUT2D eigenvalue weighted by molar-refractivity contribution is 0.102. The second kappa shape index (κ2) is 5.88. The first-order valence-electron chi connectivity index (χ1n) is 6.09. The second-order valence-corrected chi connectivity index (χ2v) is 4.27. The fraction of sp³-hybridized carbons (Fsp3) is 0.0667. The average molecular weight is 268 g/mol. The topological polar surface area (TPSA) is 93.5 Å². The van der Waals surface area contributed by atoms with E-state index in [0.717, 1.165) is 5.56 Å². The van der Waals surface area contributed by atoms with Gasteiger partial charge in [-0.2, -0.15) is 0 Å². The first-order chi connectivity index (χ1) is 9.61. The van der Waals surface area contributed by atoms with Gasteiger partial charge in [0, 0.05) is 35.9 Å². The first kappa shape index (κ1) is 13.6. The highest BCUT2D eigenvalue weighted by molar-refractivity contribution is 6.08. The Hall–Kier alpha value is -2.82. The van der Waals surface area contributed by atoms with Crippen molar-refractivity contribution in [3.05, 3.63) is 53.6 Å². The minimum atomic E-state index is -0.264. The van der Waals surface area contributed by atoms with Gasteiger partial charge >= 0.3 is 0 Å². The Morgan fingerprint density at radius 3 is 2.55 bits per heavy atom. The third-order valence-corrected chi connectivity index (χ3v) is 2.82. The van der Waals surface area contributed by atoms with E-state index in [1.54, 1.807) is 55.7 Å². The van der Waals surface area contributed by atoms with Crippen LogP contribution in [0.25, 0.3) is 0 Å². The maximum absolute atomic E-state index is 12.1. The van der Waals surface area contributed by atoms with Crippen LogP contribution >= 0.6 is 0 Å². The third kappa shape index (κ3) is 2.95. The molecule has 0 aromatic heterocycles. The number of hydrogen-bond donors (Lipinski definition) is 3. The standard InChI is InChI=1S/C15H16N4O/c1-18-9-10-6-7-11(8-14(10)17)19-15(20)12-4-2-3-5-13(12)16/h2-9H,16-17H2,1H3,(H,19,20). The number of anilines is 3. The van der Waals surface area contributed by atoms with Crippen molar-refractivity contribution in [2.75, 3.05) is 23.8 Å². The monoisotopic (exact) mass is 268 g/mol. The summed E-state index contributed by atoms with van der Waals surface area (Å²) in [5, 5.41) is 2.77. The molecule has 2 aromatic rings. The van der Waals surface area contributed by atoms with Crippen LogP contribution in [-0.2, 0) is 0 Å². The summed E-state index contributed by atoms with van der Waals surface area (Å²) in [5.41, 5.74) is 14.5. The second-order valence-electron chi connectivity index (χ2n) is 4.27. The van der Waals surface area contributed by atoms with E-state index in [2.05, 4.69) is 10.3 Å². The van der Waals surface area contributed by atoms with Gasteiger partial charge in [0.25, 0.3) is 5.91 Å². The lowest BCUT2D eigenvalue weighted by Crippen LogP contribution is -2.14. The molecule has 5 nitrogen and oxygen atoms in total. The first-order valence-corrected chi connectivity index (χ1v) is 6.09. The Balaban J connectivity index is 2.20. The van der Waals surface area contributed by atoms with Crippen LogP contribution < -0.4 is 16.8 Å². The van der Waals surface area contributed by atoms with Crippen molar-refractivity contribution < 1.29 is 4.79 Å². The average Bonchev–Trinajstić information content (AvgIpc) is 2.42. The predicted molar refractivity (Wildman–Crippen MR) is 83.2 cm³/mol. The van der Waals surface area contributed by atoms with Gasteiger partial charge in [-0.25, -0.2) is 0 Å². The van der Waals surface area contributed by atoms with Crippen molar-refractivity contribution in [2.45, 2.75) is 0 Å². The van der Waals surface area contributed by atoms with Crippen LogP contribution in [0, 0.1) is 0 Å². The van der Waals surface area contributed by atoms with Crippen LogP contribution in [0.15, 0.2) is 47.5 Å². The van der Waals surface area contributed by atoms with Crippen LogP contribution in [0.3, 0.4) is 0 Å². The van der Waals surface area contributed by atoms with Gasteiger partial charge < -0.3 is 16.8 Å². The molecule has 102 valence electrons. The van der Waals surface area contributed by atoms with E-state index in [-0.39, 0.29) is 5.91 Å². The van der Waals surface area contributed by atoms with Crippen LogP contribution in [0.5, 0.6) is 0 Å². The number of carbonyl (C=O) groups excluding carboxylic acids is 1. The zero-order valence-electron chi connectivity index (χ0n) is 11.1. The summed E-state index contributed by atoms with van der Waals surface area (Å²) in [6.07, 6.45) is 1.66. The molecule has 0 heterocycles. The van der Waals surface area contributed by atoms with Crippen molar-refractivity contribution in [3.8, 4) is 0 Å². The van der Waals surface area contributed by atoms with Gasteiger partial charge in [-0.1, -0.05) is 12.1 Å². The molecule has 2 aromatic carbocycles. The molecule has 0 fully saturated rings. The zero-order valence-corrected chi connectivity index (χ0v) is 11.1. The smallest absolute Gasteiger partial charge is 0.257 e. The Kier molecular flexibility index (Phi) is 4.00. The Morgan fingerprint density at radius 2 is 1.90 bits per heavy atom. The minimum Gasteiger partial charge on any atom is -0.398 e. The Labute approximate surface area is 117 Å². The van der Waals surface area contributed by atoms with Gasteiger partial charge in [0.1, 0.15) is 0 Å². The van der Waals surface area contributed by atoms with Crippen LogP contribution in [0.1, 0.15) is 15.9 Å². The van der Waals surface area contributed by atoms with E-state index in [9.17, 15) is 4.79 Å². The summed E-state index contributed by atoms with van der Waals surface area (Å²) in [6.45, 7) is 0.